The van der Waals surface area contributed by atoms with Crippen molar-refractivity contribution in [2.24, 2.45) is 7.05 Å². The second kappa shape index (κ2) is 8.19. The van der Waals surface area contributed by atoms with Gasteiger partial charge in [0.05, 0.1) is 18.2 Å². The number of aromatic nitrogens is 2. The molecule has 4 rings (SSSR count). The van der Waals surface area contributed by atoms with Gasteiger partial charge in [-0.3, -0.25) is 9.48 Å². The molecule has 0 spiro atoms. The van der Waals surface area contributed by atoms with Crippen LogP contribution in [0.15, 0.2) is 83.7 Å². The zero-order chi connectivity index (χ0) is 20.2. The van der Waals surface area contributed by atoms with Gasteiger partial charge in [0.15, 0.2) is 0 Å². The van der Waals surface area contributed by atoms with E-state index in [2.05, 4.69) is 41.5 Å². The van der Waals surface area contributed by atoms with Crippen LogP contribution in [0.2, 0.25) is 0 Å². The first-order valence-corrected chi connectivity index (χ1v) is 9.55. The molecular formula is C24H23N3O2. The molecule has 4 aromatic rings. The maximum atomic E-state index is 13.2. The predicted octanol–water partition coefficient (Wildman–Crippen LogP) is 4.83. The molecule has 0 saturated carbocycles. The number of amides is 1. The number of nitrogens with zero attached hydrogens (tertiary/aromatic N) is 3. The number of benzene rings is 2. The topological polar surface area (TPSA) is 51.3 Å². The molecule has 1 amide bonds. The van der Waals surface area contributed by atoms with Gasteiger partial charge in [-0.2, -0.15) is 5.10 Å². The summed E-state index contributed by atoms with van der Waals surface area (Å²) < 4.78 is 6.83. The number of carbonyl (C=O) groups excluding carboxylic acids is 1. The van der Waals surface area contributed by atoms with Crippen LogP contribution in [0.1, 0.15) is 27.3 Å². The zero-order valence-electron chi connectivity index (χ0n) is 16.6. The van der Waals surface area contributed by atoms with E-state index < -0.39 is 0 Å². The van der Waals surface area contributed by atoms with Crippen LogP contribution in [0.25, 0.3) is 11.1 Å². The van der Waals surface area contributed by atoms with Crippen molar-refractivity contribution in [2.75, 3.05) is 0 Å². The molecule has 0 radical (unpaired) electrons. The van der Waals surface area contributed by atoms with E-state index in [-0.39, 0.29) is 5.91 Å². The quantitative estimate of drug-likeness (QED) is 0.478. The molecule has 0 N–H and O–H groups in total. The Bertz CT molecular complexity index is 1080. The van der Waals surface area contributed by atoms with Gasteiger partial charge in [0, 0.05) is 25.7 Å². The van der Waals surface area contributed by atoms with E-state index >= 15 is 0 Å². The van der Waals surface area contributed by atoms with Crippen LogP contribution in [0, 0.1) is 6.92 Å². The van der Waals surface area contributed by atoms with Crippen molar-refractivity contribution in [3.63, 3.8) is 0 Å². The fourth-order valence-electron chi connectivity index (χ4n) is 3.43. The van der Waals surface area contributed by atoms with E-state index in [9.17, 15) is 4.79 Å². The highest BCUT2D eigenvalue weighted by atomic mass is 16.3. The Labute approximate surface area is 170 Å². The van der Waals surface area contributed by atoms with Crippen molar-refractivity contribution in [2.45, 2.75) is 20.0 Å². The smallest absolute Gasteiger partial charge is 0.272 e. The van der Waals surface area contributed by atoms with E-state index in [4.69, 9.17) is 4.42 Å². The minimum absolute atomic E-state index is 0.0542. The van der Waals surface area contributed by atoms with E-state index in [1.54, 1.807) is 24.3 Å². The van der Waals surface area contributed by atoms with E-state index in [0.29, 0.717) is 18.8 Å². The summed E-state index contributed by atoms with van der Waals surface area (Å²) in [5, 5.41) is 4.31. The SMILES string of the molecule is Cc1cc(C(=O)N(Cc2ccc(-c3ccccc3)cc2)Cc2ccoc2)n(C)n1. The lowest BCUT2D eigenvalue weighted by molar-refractivity contribution is 0.0718. The highest BCUT2D eigenvalue weighted by Crippen LogP contribution is 2.21. The van der Waals surface area contributed by atoms with Gasteiger partial charge in [-0.25, -0.2) is 0 Å². The molecule has 0 saturated heterocycles. The maximum Gasteiger partial charge on any atom is 0.272 e. The second-order valence-electron chi connectivity index (χ2n) is 7.15. The first-order valence-electron chi connectivity index (χ1n) is 9.55. The zero-order valence-corrected chi connectivity index (χ0v) is 16.6. The minimum atomic E-state index is -0.0542. The van der Waals surface area contributed by atoms with Crippen molar-refractivity contribution in [3.05, 3.63) is 102 Å². The molecule has 0 fully saturated rings. The molecule has 0 aliphatic rings. The summed E-state index contributed by atoms with van der Waals surface area (Å²) in [6.07, 6.45) is 3.30. The van der Waals surface area contributed by atoms with Crippen LogP contribution in [-0.4, -0.2) is 20.6 Å². The lowest BCUT2D eigenvalue weighted by Crippen LogP contribution is -2.31. The minimum Gasteiger partial charge on any atom is -0.472 e. The number of carbonyl (C=O) groups is 1. The average Bonchev–Trinajstić information content (AvgIpc) is 3.37. The van der Waals surface area contributed by atoms with Crippen molar-refractivity contribution < 1.29 is 9.21 Å². The molecule has 2 heterocycles. The molecule has 146 valence electrons. The van der Waals surface area contributed by atoms with E-state index in [1.165, 1.54) is 5.56 Å². The Morgan fingerprint density at radius 3 is 2.28 bits per heavy atom. The Morgan fingerprint density at radius 1 is 0.966 bits per heavy atom. The van der Waals surface area contributed by atoms with Gasteiger partial charge in [0.2, 0.25) is 0 Å². The van der Waals surface area contributed by atoms with E-state index in [1.807, 2.05) is 42.2 Å². The van der Waals surface area contributed by atoms with Gasteiger partial charge in [-0.1, -0.05) is 54.6 Å². The van der Waals surface area contributed by atoms with Crippen molar-refractivity contribution >= 4 is 5.91 Å². The third-order valence-corrected chi connectivity index (χ3v) is 4.90. The molecule has 0 bridgehead atoms. The number of furan rings is 1. The molecule has 0 aliphatic heterocycles. The largest absolute Gasteiger partial charge is 0.472 e. The fourth-order valence-corrected chi connectivity index (χ4v) is 3.43. The third kappa shape index (κ3) is 4.29. The second-order valence-corrected chi connectivity index (χ2v) is 7.15. The number of hydrogen-bond acceptors (Lipinski definition) is 3. The van der Waals surface area contributed by atoms with Crippen LogP contribution in [0.5, 0.6) is 0 Å². The van der Waals surface area contributed by atoms with Crippen molar-refractivity contribution in [1.82, 2.24) is 14.7 Å². The molecule has 5 nitrogen and oxygen atoms in total. The first-order chi connectivity index (χ1) is 14.1. The maximum absolute atomic E-state index is 13.2. The lowest BCUT2D eigenvalue weighted by Gasteiger charge is -2.22. The third-order valence-electron chi connectivity index (χ3n) is 4.90. The van der Waals surface area contributed by atoms with Crippen LogP contribution in [0.3, 0.4) is 0 Å². The fraction of sp³-hybridized carbons (Fsp3) is 0.167. The Kier molecular flexibility index (Phi) is 5.29. The Balaban J connectivity index is 1.58. The molecule has 5 heteroatoms. The summed E-state index contributed by atoms with van der Waals surface area (Å²) in [5.41, 5.74) is 5.76. The predicted molar refractivity (Wildman–Crippen MR) is 112 cm³/mol. The molecule has 2 aromatic carbocycles. The van der Waals surface area contributed by atoms with Crippen LogP contribution in [0.4, 0.5) is 0 Å². The molecule has 29 heavy (non-hydrogen) atoms. The number of hydrogen-bond donors (Lipinski definition) is 0. The average molecular weight is 385 g/mol. The number of aryl methyl sites for hydroxylation is 2. The molecule has 2 aromatic heterocycles. The monoisotopic (exact) mass is 385 g/mol. The Morgan fingerprint density at radius 2 is 1.66 bits per heavy atom. The summed E-state index contributed by atoms with van der Waals surface area (Å²) in [6, 6.07) is 22.3. The highest BCUT2D eigenvalue weighted by molar-refractivity contribution is 5.92. The van der Waals surface area contributed by atoms with Gasteiger partial charge in [0.1, 0.15) is 5.69 Å². The number of rotatable bonds is 6. The van der Waals surface area contributed by atoms with Gasteiger partial charge in [0.25, 0.3) is 5.91 Å². The van der Waals surface area contributed by atoms with Crippen LogP contribution in [-0.2, 0) is 20.1 Å². The summed E-state index contributed by atoms with van der Waals surface area (Å²) >= 11 is 0. The van der Waals surface area contributed by atoms with Crippen molar-refractivity contribution in [1.29, 1.82) is 0 Å². The first kappa shape index (κ1) is 18.7. The van der Waals surface area contributed by atoms with Gasteiger partial charge in [-0.15, -0.1) is 0 Å². The highest BCUT2D eigenvalue weighted by Gasteiger charge is 2.21. The molecule has 0 unspecified atom stereocenters. The molecular weight excluding hydrogens is 362 g/mol. The summed E-state index contributed by atoms with van der Waals surface area (Å²) in [6.45, 7) is 2.86. The van der Waals surface area contributed by atoms with Gasteiger partial charge >= 0.3 is 0 Å². The Hall–Kier alpha value is -3.60. The van der Waals surface area contributed by atoms with Crippen LogP contribution < -0.4 is 0 Å². The summed E-state index contributed by atoms with van der Waals surface area (Å²) in [4.78, 5) is 15.1. The lowest BCUT2D eigenvalue weighted by atomic mass is 10.0. The molecule has 0 aliphatic carbocycles. The van der Waals surface area contributed by atoms with Gasteiger partial charge < -0.3 is 9.32 Å². The molecule has 0 atom stereocenters. The van der Waals surface area contributed by atoms with E-state index in [0.717, 1.165) is 22.4 Å². The summed E-state index contributed by atoms with van der Waals surface area (Å²) in [7, 11) is 1.80. The standard InChI is InChI=1S/C24H23N3O2/c1-18-14-23(26(2)25-18)24(28)27(16-20-12-13-29-17-20)15-19-8-10-22(11-9-19)21-6-4-3-5-7-21/h3-14,17H,15-16H2,1-2H3. The summed E-state index contributed by atoms with van der Waals surface area (Å²) in [5.74, 6) is -0.0542. The van der Waals surface area contributed by atoms with Crippen molar-refractivity contribution in [3.8, 4) is 11.1 Å². The van der Waals surface area contributed by atoms with Crippen LogP contribution >= 0.6 is 0 Å². The van der Waals surface area contributed by atoms with Gasteiger partial charge in [-0.05, 0) is 35.7 Å². The normalized spacial score (nSPS) is 10.8.